The number of carboxylic acids is 1. The first-order chi connectivity index (χ1) is 8.86. The number of rotatable bonds is 6. The van der Waals surface area contributed by atoms with Crippen LogP contribution >= 0.6 is 0 Å². The van der Waals surface area contributed by atoms with Crippen molar-refractivity contribution < 1.29 is 19.9 Å². The van der Waals surface area contributed by atoms with E-state index in [1.54, 1.807) is 6.92 Å². The van der Waals surface area contributed by atoms with E-state index < -0.39 is 10.9 Å². The zero-order valence-electron chi connectivity index (χ0n) is 10.7. The molecule has 7 nitrogen and oxygen atoms in total. The second-order valence-electron chi connectivity index (χ2n) is 4.39. The van der Waals surface area contributed by atoms with Gasteiger partial charge in [0.1, 0.15) is 0 Å². The zero-order chi connectivity index (χ0) is 14.6. The van der Waals surface area contributed by atoms with Crippen molar-refractivity contribution in [3.05, 3.63) is 33.9 Å². The van der Waals surface area contributed by atoms with Crippen LogP contribution in [0.3, 0.4) is 0 Å². The van der Waals surface area contributed by atoms with Crippen LogP contribution in [-0.2, 0) is 0 Å². The number of nitrogens with zero attached hydrogens (tertiary/aromatic N) is 1. The Labute approximate surface area is 110 Å². The number of anilines is 1. The quantitative estimate of drug-likeness (QED) is 0.535. The maximum atomic E-state index is 11.1. The van der Waals surface area contributed by atoms with Gasteiger partial charge in [0.05, 0.1) is 10.5 Å². The number of aliphatic hydroxyl groups is 1. The summed E-state index contributed by atoms with van der Waals surface area (Å²) in [5.74, 6) is -1.31. The summed E-state index contributed by atoms with van der Waals surface area (Å²) in [6.45, 7) is 3.57. The lowest BCUT2D eigenvalue weighted by Crippen LogP contribution is -2.27. The minimum absolute atomic E-state index is 0.0381. The van der Waals surface area contributed by atoms with E-state index in [1.165, 1.54) is 12.1 Å². The molecule has 7 heteroatoms. The third-order valence-electron chi connectivity index (χ3n) is 2.97. The second kappa shape index (κ2) is 6.14. The van der Waals surface area contributed by atoms with E-state index >= 15 is 0 Å². The molecule has 104 valence electrons. The third-order valence-corrected chi connectivity index (χ3v) is 2.97. The predicted molar refractivity (Wildman–Crippen MR) is 69.4 cm³/mol. The molecule has 0 saturated carbocycles. The van der Waals surface area contributed by atoms with Crippen LogP contribution in [0, 0.1) is 16.0 Å². The SMILES string of the molecule is CC(CO)C(C)Nc1ccc([N+](=O)[O-])cc1C(=O)O. The monoisotopic (exact) mass is 268 g/mol. The van der Waals surface area contributed by atoms with Crippen LogP contribution in [0.2, 0.25) is 0 Å². The molecular formula is C12H16N2O5. The molecule has 1 aromatic carbocycles. The summed E-state index contributed by atoms with van der Waals surface area (Å²) in [5, 5.41) is 31.7. The Morgan fingerprint density at radius 2 is 2.11 bits per heavy atom. The summed E-state index contributed by atoms with van der Waals surface area (Å²) >= 11 is 0. The van der Waals surface area contributed by atoms with Crippen molar-refractivity contribution in [1.82, 2.24) is 0 Å². The third kappa shape index (κ3) is 3.65. The van der Waals surface area contributed by atoms with Crippen molar-refractivity contribution in [3.8, 4) is 0 Å². The lowest BCUT2D eigenvalue weighted by molar-refractivity contribution is -0.384. The summed E-state index contributed by atoms with van der Waals surface area (Å²) in [5.41, 5.74) is -0.136. The molecule has 0 aromatic heterocycles. The Hall–Kier alpha value is -2.15. The average molecular weight is 268 g/mol. The first-order valence-electron chi connectivity index (χ1n) is 5.76. The summed E-state index contributed by atoms with van der Waals surface area (Å²) < 4.78 is 0. The molecule has 2 unspecified atom stereocenters. The summed E-state index contributed by atoms with van der Waals surface area (Å²) in [6.07, 6.45) is 0. The highest BCUT2D eigenvalue weighted by molar-refractivity contribution is 5.95. The number of aliphatic hydroxyl groups excluding tert-OH is 1. The summed E-state index contributed by atoms with van der Waals surface area (Å²) in [7, 11) is 0. The molecule has 19 heavy (non-hydrogen) atoms. The molecule has 0 spiro atoms. The van der Waals surface area contributed by atoms with Gasteiger partial charge in [0, 0.05) is 30.5 Å². The lowest BCUT2D eigenvalue weighted by Gasteiger charge is -2.21. The number of carboxylic acid groups (broad SMARTS) is 1. The molecule has 0 radical (unpaired) electrons. The standard InChI is InChI=1S/C12H16N2O5/c1-7(6-15)8(2)13-11-4-3-9(14(18)19)5-10(11)12(16)17/h3-5,7-8,13,15H,6H2,1-2H3,(H,16,17). The van der Waals surface area contributed by atoms with Crippen LogP contribution in [0.1, 0.15) is 24.2 Å². The molecule has 1 rings (SSSR count). The number of benzene rings is 1. The average Bonchev–Trinajstić information content (AvgIpc) is 2.37. The Morgan fingerprint density at radius 1 is 1.47 bits per heavy atom. The predicted octanol–water partition coefficient (Wildman–Crippen LogP) is 1.72. The van der Waals surface area contributed by atoms with Crippen LogP contribution < -0.4 is 5.32 Å². The van der Waals surface area contributed by atoms with E-state index in [0.717, 1.165) is 6.07 Å². The van der Waals surface area contributed by atoms with E-state index in [0.29, 0.717) is 5.69 Å². The van der Waals surface area contributed by atoms with Crippen molar-refractivity contribution in [1.29, 1.82) is 0 Å². The van der Waals surface area contributed by atoms with Crippen molar-refractivity contribution >= 4 is 17.3 Å². The Morgan fingerprint density at radius 3 is 2.58 bits per heavy atom. The van der Waals surface area contributed by atoms with E-state index in [1.807, 2.05) is 6.92 Å². The molecule has 0 heterocycles. The van der Waals surface area contributed by atoms with E-state index in [9.17, 15) is 14.9 Å². The second-order valence-corrected chi connectivity index (χ2v) is 4.39. The number of hydrogen-bond donors (Lipinski definition) is 3. The van der Waals surface area contributed by atoms with Gasteiger partial charge in [-0.05, 0) is 18.9 Å². The van der Waals surface area contributed by atoms with Crippen LogP contribution in [0.15, 0.2) is 18.2 Å². The Kier molecular flexibility index (Phi) is 4.82. The molecule has 3 N–H and O–H groups in total. The fraction of sp³-hybridized carbons (Fsp3) is 0.417. The normalized spacial score (nSPS) is 13.6. The number of nitrogens with one attached hydrogen (secondary N) is 1. The molecule has 1 aromatic rings. The van der Waals surface area contributed by atoms with Crippen LogP contribution in [0.25, 0.3) is 0 Å². The molecule has 2 atom stereocenters. The topological polar surface area (TPSA) is 113 Å². The Balaban J connectivity index is 3.07. The van der Waals surface area contributed by atoms with Crippen LogP contribution in [0.5, 0.6) is 0 Å². The number of aromatic carboxylic acids is 1. The fourth-order valence-corrected chi connectivity index (χ4v) is 1.49. The van der Waals surface area contributed by atoms with Crippen molar-refractivity contribution in [2.75, 3.05) is 11.9 Å². The van der Waals surface area contributed by atoms with Gasteiger partial charge in [-0.2, -0.15) is 0 Å². The smallest absolute Gasteiger partial charge is 0.338 e. The number of carbonyl (C=O) groups is 1. The molecule has 0 saturated heterocycles. The molecule has 0 bridgehead atoms. The maximum Gasteiger partial charge on any atom is 0.338 e. The number of nitro groups is 1. The van der Waals surface area contributed by atoms with Gasteiger partial charge in [-0.3, -0.25) is 10.1 Å². The van der Waals surface area contributed by atoms with Gasteiger partial charge in [-0.25, -0.2) is 4.79 Å². The lowest BCUT2D eigenvalue weighted by atomic mass is 10.0. The van der Waals surface area contributed by atoms with E-state index in [-0.39, 0.29) is 29.8 Å². The highest BCUT2D eigenvalue weighted by Crippen LogP contribution is 2.23. The van der Waals surface area contributed by atoms with Crippen molar-refractivity contribution in [3.63, 3.8) is 0 Å². The molecule has 0 amide bonds. The molecule has 0 fully saturated rings. The highest BCUT2D eigenvalue weighted by atomic mass is 16.6. The van der Waals surface area contributed by atoms with E-state index in [4.69, 9.17) is 10.2 Å². The zero-order valence-corrected chi connectivity index (χ0v) is 10.7. The maximum absolute atomic E-state index is 11.1. The minimum Gasteiger partial charge on any atom is -0.478 e. The first-order valence-corrected chi connectivity index (χ1v) is 5.76. The highest BCUT2D eigenvalue weighted by Gasteiger charge is 2.18. The van der Waals surface area contributed by atoms with E-state index in [2.05, 4.69) is 5.32 Å². The van der Waals surface area contributed by atoms with Crippen LogP contribution in [-0.4, -0.2) is 33.8 Å². The summed E-state index contributed by atoms with van der Waals surface area (Å²) in [6, 6.07) is 3.46. The Bertz CT molecular complexity index is 489. The largest absolute Gasteiger partial charge is 0.478 e. The summed E-state index contributed by atoms with van der Waals surface area (Å²) in [4.78, 5) is 21.1. The van der Waals surface area contributed by atoms with Gasteiger partial charge >= 0.3 is 5.97 Å². The van der Waals surface area contributed by atoms with Gasteiger partial charge < -0.3 is 15.5 Å². The van der Waals surface area contributed by atoms with Gasteiger partial charge in [0.25, 0.3) is 5.69 Å². The molecule has 0 aliphatic rings. The number of nitro benzene ring substituents is 1. The molecular weight excluding hydrogens is 252 g/mol. The molecule has 0 aliphatic carbocycles. The fourth-order valence-electron chi connectivity index (χ4n) is 1.49. The minimum atomic E-state index is -1.24. The van der Waals surface area contributed by atoms with Gasteiger partial charge in [0.15, 0.2) is 0 Å². The van der Waals surface area contributed by atoms with Crippen molar-refractivity contribution in [2.45, 2.75) is 19.9 Å². The van der Waals surface area contributed by atoms with Crippen molar-refractivity contribution in [2.24, 2.45) is 5.92 Å². The van der Waals surface area contributed by atoms with Gasteiger partial charge in [-0.15, -0.1) is 0 Å². The molecule has 0 aliphatic heterocycles. The number of hydrogen-bond acceptors (Lipinski definition) is 5. The number of non-ortho nitro benzene ring substituents is 1. The van der Waals surface area contributed by atoms with Crippen LogP contribution in [0.4, 0.5) is 11.4 Å². The van der Waals surface area contributed by atoms with Gasteiger partial charge in [0.2, 0.25) is 0 Å². The van der Waals surface area contributed by atoms with Gasteiger partial charge in [-0.1, -0.05) is 6.92 Å². The first kappa shape index (κ1) is 14.9.